The van der Waals surface area contributed by atoms with Crippen molar-refractivity contribution >= 4 is 15.9 Å². The molecule has 1 heterocycles. The summed E-state index contributed by atoms with van der Waals surface area (Å²) >= 11 is 0. The molecule has 0 atom stereocenters. The number of ether oxygens (including phenoxy) is 2. The number of carbonyl (C=O) groups excluding carboxylic acids is 1. The lowest BCUT2D eigenvalue weighted by molar-refractivity contribution is 0.0729. The summed E-state index contributed by atoms with van der Waals surface area (Å²) in [6.07, 6.45) is 0. The number of carbonyl (C=O) groups is 1. The SMILES string of the molecule is Cc1cc(C)cc(OCCN(C)C(=O)c2ccc(F)c(S(=O)(=O)N3CCOCC3)c2)c1. The standard InChI is InChI=1S/C22H27FN2O5S/c1-16-12-17(2)14-19(13-16)30-11-6-24(3)22(26)18-4-5-20(23)21(15-18)31(27,28)25-7-9-29-10-8-25/h4-5,12-15H,6-11H2,1-3H3. The summed E-state index contributed by atoms with van der Waals surface area (Å²) in [6, 6.07) is 9.27. The number of rotatable bonds is 7. The predicted octanol–water partition coefficient (Wildman–Crippen LogP) is 2.61. The number of morpholine rings is 1. The second-order valence-electron chi connectivity index (χ2n) is 7.56. The molecule has 0 N–H and O–H groups in total. The summed E-state index contributed by atoms with van der Waals surface area (Å²) in [5.74, 6) is -0.578. The van der Waals surface area contributed by atoms with Crippen molar-refractivity contribution in [3.63, 3.8) is 0 Å². The highest BCUT2D eigenvalue weighted by Gasteiger charge is 2.30. The number of aryl methyl sites for hydroxylation is 2. The van der Waals surface area contributed by atoms with Crippen LogP contribution in [0.25, 0.3) is 0 Å². The van der Waals surface area contributed by atoms with Gasteiger partial charge >= 0.3 is 0 Å². The number of sulfonamides is 1. The van der Waals surface area contributed by atoms with Crippen LogP contribution in [-0.4, -0.2) is 70.0 Å². The van der Waals surface area contributed by atoms with Gasteiger partial charge in [-0.1, -0.05) is 6.07 Å². The van der Waals surface area contributed by atoms with Crippen molar-refractivity contribution in [1.29, 1.82) is 0 Å². The number of hydrogen-bond acceptors (Lipinski definition) is 5. The van der Waals surface area contributed by atoms with E-state index in [1.54, 1.807) is 7.05 Å². The molecule has 2 aromatic rings. The van der Waals surface area contributed by atoms with Crippen molar-refractivity contribution < 1.29 is 27.1 Å². The van der Waals surface area contributed by atoms with E-state index in [-0.39, 0.29) is 45.0 Å². The fourth-order valence-electron chi connectivity index (χ4n) is 3.40. The van der Waals surface area contributed by atoms with E-state index in [2.05, 4.69) is 0 Å². The molecular weight excluding hydrogens is 423 g/mol. The quantitative estimate of drug-likeness (QED) is 0.648. The first kappa shape index (κ1) is 23.2. The minimum absolute atomic E-state index is 0.0992. The van der Waals surface area contributed by atoms with E-state index in [0.29, 0.717) is 0 Å². The highest BCUT2D eigenvalue weighted by molar-refractivity contribution is 7.89. The zero-order valence-electron chi connectivity index (χ0n) is 17.9. The summed E-state index contributed by atoms with van der Waals surface area (Å²) in [5, 5.41) is 0. The van der Waals surface area contributed by atoms with Crippen LogP contribution in [0.1, 0.15) is 21.5 Å². The lowest BCUT2D eigenvalue weighted by Gasteiger charge is -2.26. The Morgan fingerprint density at radius 3 is 2.42 bits per heavy atom. The maximum absolute atomic E-state index is 14.4. The molecule has 1 aliphatic heterocycles. The minimum Gasteiger partial charge on any atom is -0.492 e. The van der Waals surface area contributed by atoms with Crippen molar-refractivity contribution in [2.24, 2.45) is 0 Å². The maximum atomic E-state index is 14.4. The van der Waals surface area contributed by atoms with E-state index >= 15 is 0 Å². The van der Waals surface area contributed by atoms with Crippen LogP contribution in [0.4, 0.5) is 4.39 Å². The summed E-state index contributed by atoms with van der Waals surface area (Å²) in [5.41, 5.74) is 2.27. The molecule has 1 fully saturated rings. The van der Waals surface area contributed by atoms with Gasteiger partial charge in [0.2, 0.25) is 10.0 Å². The van der Waals surface area contributed by atoms with Crippen LogP contribution in [0.5, 0.6) is 5.75 Å². The van der Waals surface area contributed by atoms with Gasteiger partial charge in [-0.15, -0.1) is 0 Å². The monoisotopic (exact) mass is 450 g/mol. The Bertz CT molecular complexity index is 1030. The van der Waals surface area contributed by atoms with Crippen LogP contribution < -0.4 is 4.74 Å². The maximum Gasteiger partial charge on any atom is 0.253 e. The summed E-state index contributed by atoms with van der Waals surface area (Å²) in [6.45, 7) is 5.32. The van der Waals surface area contributed by atoms with Crippen molar-refractivity contribution in [3.05, 3.63) is 58.9 Å². The highest BCUT2D eigenvalue weighted by atomic mass is 32.2. The molecule has 9 heteroatoms. The molecule has 0 saturated carbocycles. The van der Waals surface area contributed by atoms with Gasteiger partial charge in [-0.2, -0.15) is 4.31 Å². The Kier molecular flexibility index (Phi) is 7.30. The Balaban J connectivity index is 1.68. The zero-order chi connectivity index (χ0) is 22.6. The zero-order valence-corrected chi connectivity index (χ0v) is 18.7. The van der Waals surface area contributed by atoms with Gasteiger partial charge in [-0.25, -0.2) is 12.8 Å². The minimum atomic E-state index is -4.05. The Hall–Kier alpha value is -2.49. The third kappa shape index (κ3) is 5.61. The molecule has 31 heavy (non-hydrogen) atoms. The van der Waals surface area contributed by atoms with Gasteiger partial charge in [-0.05, 0) is 55.3 Å². The van der Waals surface area contributed by atoms with Gasteiger partial charge in [0.1, 0.15) is 23.1 Å². The van der Waals surface area contributed by atoms with Crippen LogP contribution >= 0.6 is 0 Å². The fraction of sp³-hybridized carbons (Fsp3) is 0.409. The van der Waals surface area contributed by atoms with Gasteiger partial charge in [0.25, 0.3) is 5.91 Å². The molecule has 0 spiro atoms. The smallest absolute Gasteiger partial charge is 0.253 e. The average Bonchev–Trinajstić information content (AvgIpc) is 2.73. The molecule has 0 bridgehead atoms. The highest BCUT2D eigenvalue weighted by Crippen LogP contribution is 2.22. The first-order valence-electron chi connectivity index (χ1n) is 10.0. The van der Waals surface area contributed by atoms with Gasteiger partial charge in [0.15, 0.2) is 0 Å². The van der Waals surface area contributed by atoms with Crippen molar-refractivity contribution in [2.75, 3.05) is 46.5 Å². The van der Waals surface area contributed by atoms with Crippen LogP contribution in [0.2, 0.25) is 0 Å². The molecule has 0 unspecified atom stereocenters. The van der Waals surface area contributed by atoms with Crippen molar-refractivity contribution in [3.8, 4) is 5.75 Å². The lowest BCUT2D eigenvalue weighted by atomic mass is 10.1. The van der Waals surface area contributed by atoms with Gasteiger partial charge in [0.05, 0.1) is 19.8 Å². The largest absolute Gasteiger partial charge is 0.492 e. The van der Waals surface area contributed by atoms with Crippen LogP contribution in [-0.2, 0) is 14.8 Å². The Morgan fingerprint density at radius 2 is 1.77 bits per heavy atom. The van der Waals surface area contributed by atoms with E-state index in [1.807, 2.05) is 32.0 Å². The van der Waals surface area contributed by atoms with Gasteiger partial charge in [-0.3, -0.25) is 4.79 Å². The number of likely N-dealkylation sites (N-methyl/N-ethyl adjacent to an activating group) is 1. The van der Waals surface area contributed by atoms with E-state index in [0.717, 1.165) is 29.0 Å². The van der Waals surface area contributed by atoms with E-state index in [1.165, 1.54) is 15.3 Å². The molecule has 0 radical (unpaired) electrons. The molecule has 1 saturated heterocycles. The molecular formula is C22H27FN2O5S. The fourth-order valence-corrected chi connectivity index (χ4v) is 4.90. The average molecular weight is 451 g/mol. The molecule has 1 amide bonds. The third-order valence-corrected chi connectivity index (χ3v) is 6.92. The van der Waals surface area contributed by atoms with Gasteiger partial charge in [0, 0.05) is 25.7 Å². The molecule has 7 nitrogen and oxygen atoms in total. The summed E-state index contributed by atoms with van der Waals surface area (Å²) in [7, 11) is -2.46. The Morgan fingerprint density at radius 1 is 1.13 bits per heavy atom. The second-order valence-corrected chi connectivity index (χ2v) is 9.47. The first-order valence-corrected chi connectivity index (χ1v) is 11.5. The summed E-state index contributed by atoms with van der Waals surface area (Å²) in [4.78, 5) is 13.7. The molecule has 2 aromatic carbocycles. The van der Waals surface area contributed by atoms with E-state index in [4.69, 9.17) is 9.47 Å². The topological polar surface area (TPSA) is 76.2 Å². The molecule has 3 rings (SSSR count). The first-order chi connectivity index (χ1) is 14.7. The predicted molar refractivity (Wildman–Crippen MR) is 114 cm³/mol. The number of hydrogen-bond donors (Lipinski definition) is 0. The van der Waals surface area contributed by atoms with Crippen LogP contribution in [0, 0.1) is 19.7 Å². The van der Waals surface area contributed by atoms with Crippen LogP contribution in [0.3, 0.4) is 0 Å². The molecule has 0 aliphatic carbocycles. The number of halogens is 1. The van der Waals surface area contributed by atoms with E-state index in [9.17, 15) is 17.6 Å². The third-order valence-electron chi connectivity index (χ3n) is 5.00. The second kappa shape index (κ2) is 9.76. The number of amides is 1. The van der Waals surface area contributed by atoms with Gasteiger partial charge < -0.3 is 14.4 Å². The normalized spacial score (nSPS) is 15.0. The summed E-state index contributed by atoms with van der Waals surface area (Å²) < 4.78 is 52.1. The molecule has 0 aromatic heterocycles. The Labute approximate surface area is 182 Å². The lowest BCUT2D eigenvalue weighted by Crippen LogP contribution is -2.41. The van der Waals surface area contributed by atoms with Crippen molar-refractivity contribution in [1.82, 2.24) is 9.21 Å². The number of benzene rings is 2. The molecule has 1 aliphatic rings. The number of nitrogens with zero attached hydrogens (tertiary/aromatic N) is 2. The van der Waals surface area contributed by atoms with Crippen LogP contribution in [0.15, 0.2) is 41.3 Å². The molecule has 168 valence electrons. The van der Waals surface area contributed by atoms with E-state index < -0.39 is 26.6 Å². The van der Waals surface area contributed by atoms with Crippen molar-refractivity contribution in [2.45, 2.75) is 18.7 Å².